The van der Waals surface area contributed by atoms with Crippen molar-refractivity contribution in [1.82, 2.24) is 14.9 Å². The number of benzene rings is 1. The van der Waals surface area contributed by atoms with Gasteiger partial charge in [-0.2, -0.15) is 4.31 Å². The molecule has 0 unspecified atom stereocenters. The number of guanidine groups is 1. The van der Waals surface area contributed by atoms with Gasteiger partial charge in [0.15, 0.2) is 5.96 Å². The second kappa shape index (κ2) is 12.8. The van der Waals surface area contributed by atoms with E-state index in [1.807, 2.05) is 6.07 Å². The van der Waals surface area contributed by atoms with E-state index in [4.69, 9.17) is 4.74 Å². The van der Waals surface area contributed by atoms with Gasteiger partial charge in [-0.1, -0.05) is 31.5 Å². The monoisotopic (exact) mass is 424 g/mol. The Morgan fingerprint density at radius 1 is 1.14 bits per heavy atom. The molecule has 0 saturated carbocycles. The summed E-state index contributed by atoms with van der Waals surface area (Å²) >= 11 is 0. The van der Waals surface area contributed by atoms with Crippen molar-refractivity contribution in [2.24, 2.45) is 10.9 Å². The number of rotatable bonds is 11. The molecule has 164 valence electrons. The van der Waals surface area contributed by atoms with Gasteiger partial charge in [0, 0.05) is 46.4 Å². The van der Waals surface area contributed by atoms with Crippen molar-refractivity contribution in [3.63, 3.8) is 0 Å². The summed E-state index contributed by atoms with van der Waals surface area (Å²) in [5.74, 6) is 1.23. The number of aliphatic imine (C=N–C) groups is 1. The first-order valence-electron chi connectivity index (χ1n) is 10.7. The van der Waals surface area contributed by atoms with Gasteiger partial charge in [0.05, 0.1) is 4.90 Å². The van der Waals surface area contributed by atoms with E-state index in [0.717, 1.165) is 64.4 Å². The van der Waals surface area contributed by atoms with Gasteiger partial charge in [0.2, 0.25) is 10.0 Å². The van der Waals surface area contributed by atoms with Crippen LogP contribution in [0.25, 0.3) is 0 Å². The van der Waals surface area contributed by atoms with E-state index in [-0.39, 0.29) is 0 Å². The van der Waals surface area contributed by atoms with Crippen molar-refractivity contribution < 1.29 is 13.2 Å². The lowest BCUT2D eigenvalue weighted by Gasteiger charge is -2.31. The number of nitrogens with one attached hydrogen (secondary N) is 2. The van der Waals surface area contributed by atoms with Crippen LogP contribution in [0.3, 0.4) is 0 Å². The fraction of sp³-hybridized carbons (Fsp3) is 0.667. The summed E-state index contributed by atoms with van der Waals surface area (Å²) in [7, 11) is -1.61. The molecule has 2 rings (SSSR count). The maximum atomic E-state index is 12.7. The number of ether oxygens (including phenoxy) is 1. The maximum absolute atomic E-state index is 12.7. The number of unbranched alkanes of at least 4 members (excludes halogenated alkanes) is 1. The molecule has 1 heterocycles. The van der Waals surface area contributed by atoms with Crippen LogP contribution in [0, 0.1) is 5.92 Å². The molecular weight excluding hydrogens is 388 g/mol. The molecule has 7 nitrogen and oxygen atoms in total. The van der Waals surface area contributed by atoms with Gasteiger partial charge in [0.25, 0.3) is 0 Å². The highest BCUT2D eigenvalue weighted by molar-refractivity contribution is 7.89. The summed E-state index contributed by atoms with van der Waals surface area (Å²) in [6.45, 7) is 6.49. The molecule has 1 aliphatic heterocycles. The largest absolute Gasteiger partial charge is 0.381 e. The van der Waals surface area contributed by atoms with Crippen molar-refractivity contribution in [3.8, 4) is 0 Å². The fourth-order valence-corrected chi connectivity index (χ4v) is 4.78. The van der Waals surface area contributed by atoms with Gasteiger partial charge in [0.1, 0.15) is 0 Å². The molecular formula is C21H36N4O3S. The van der Waals surface area contributed by atoms with Crippen molar-refractivity contribution in [3.05, 3.63) is 30.3 Å². The zero-order valence-corrected chi connectivity index (χ0v) is 18.6. The van der Waals surface area contributed by atoms with Crippen LogP contribution in [-0.4, -0.2) is 65.1 Å². The Morgan fingerprint density at radius 3 is 2.48 bits per heavy atom. The molecule has 1 aliphatic rings. The summed E-state index contributed by atoms with van der Waals surface area (Å²) in [4.78, 5) is 4.64. The Morgan fingerprint density at radius 2 is 1.83 bits per heavy atom. The lowest BCUT2D eigenvalue weighted by atomic mass is 9.98. The molecule has 0 radical (unpaired) electrons. The number of sulfonamides is 1. The third kappa shape index (κ3) is 7.95. The Labute approximate surface area is 176 Å². The number of hydrogen-bond acceptors (Lipinski definition) is 4. The van der Waals surface area contributed by atoms with Gasteiger partial charge in [-0.05, 0) is 43.7 Å². The highest BCUT2D eigenvalue weighted by Gasteiger charge is 2.29. The predicted octanol–water partition coefficient (Wildman–Crippen LogP) is 2.46. The van der Waals surface area contributed by atoms with Crippen LogP contribution in [0.2, 0.25) is 0 Å². The molecule has 1 aromatic carbocycles. The van der Waals surface area contributed by atoms with Gasteiger partial charge in [-0.3, -0.25) is 4.99 Å². The number of hydrogen-bond donors (Lipinski definition) is 2. The summed E-state index contributed by atoms with van der Waals surface area (Å²) in [5, 5.41) is 6.67. The van der Waals surface area contributed by atoms with Crippen molar-refractivity contribution in [2.45, 2.75) is 43.9 Å². The number of piperidine rings is 1. The van der Waals surface area contributed by atoms with E-state index in [1.54, 1.807) is 35.6 Å². The van der Waals surface area contributed by atoms with E-state index >= 15 is 0 Å². The van der Waals surface area contributed by atoms with Crippen LogP contribution in [-0.2, 0) is 14.8 Å². The standard InChI is InChI=1S/C21H36N4O3S/c1-3-4-16-28-17-8-13-23-21(22-2)24-18-19-11-14-25(15-12-19)29(26,27)20-9-6-5-7-10-20/h5-7,9-10,19H,3-4,8,11-18H2,1-2H3,(H2,22,23,24). The van der Waals surface area contributed by atoms with E-state index in [0.29, 0.717) is 23.9 Å². The molecule has 1 aromatic rings. The molecule has 0 spiro atoms. The van der Waals surface area contributed by atoms with Gasteiger partial charge in [-0.15, -0.1) is 0 Å². The third-order valence-corrected chi connectivity index (χ3v) is 7.05. The molecule has 29 heavy (non-hydrogen) atoms. The van der Waals surface area contributed by atoms with E-state index in [9.17, 15) is 8.42 Å². The average molecular weight is 425 g/mol. The van der Waals surface area contributed by atoms with Crippen molar-refractivity contribution >= 4 is 16.0 Å². The fourth-order valence-electron chi connectivity index (χ4n) is 3.29. The summed E-state index contributed by atoms with van der Waals surface area (Å²) in [6, 6.07) is 8.68. The Balaban J connectivity index is 1.66. The quantitative estimate of drug-likeness (QED) is 0.324. The second-order valence-corrected chi connectivity index (χ2v) is 9.30. The van der Waals surface area contributed by atoms with Crippen LogP contribution >= 0.6 is 0 Å². The average Bonchev–Trinajstić information content (AvgIpc) is 2.76. The van der Waals surface area contributed by atoms with Crippen LogP contribution in [0.4, 0.5) is 0 Å². The molecule has 0 bridgehead atoms. The second-order valence-electron chi connectivity index (χ2n) is 7.36. The van der Waals surface area contributed by atoms with E-state index in [1.165, 1.54) is 0 Å². The first-order chi connectivity index (χ1) is 14.1. The predicted molar refractivity (Wildman–Crippen MR) is 118 cm³/mol. The van der Waals surface area contributed by atoms with Gasteiger partial charge in [-0.25, -0.2) is 8.42 Å². The lowest BCUT2D eigenvalue weighted by molar-refractivity contribution is 0.129. The summed E-state index contributed by atoms with van der Waals surface area (Å²) in [5.41, 5.74) is 0. The van der Waals surface area contributed by atoms with Crippen LogP contribution in [0.1, 0.15) is 39.0 Å². The zero-order chi connectivity index (χ0) is 21.0. The molecule has 0 aromatic heterocycles. The SMILES string of the molecule is CCCCOCCCNC(=NC)NCC1CCN(S(=O)(=O)c2ccccc2)CC1. The van der Waals surface area contributed by atoms with E-state index in [2.05, 4.69) is 22.5 Å². The highest BCUT2D eigenvalue weighted by Crippen LogP contribution is 2.23. The Bertz CT molecular complexity index is 702. The Hall–Kier alpha value is -1.64. The highest BCUT2D eigenvalue weighted by atomic mass is 32.2. The minimum absolute atomic E-state index is 0.375. The van der Waals surface area contributed by atoms with Crippen molar-refractivity contribution in [1.29, 1.82) is 0 Å². The molecule has 2 N–H and O–H groups in total. The van der Waals surface area contributed by atoms with Gasteiger partial charge >= 0.3 is 0 Å². The van der Waals surface area contributed by atoms with Gasteiger partial charge < -0.3 is 15.4 Å². The zero-order valence-electron chi connectivity index (χ0n) is 17.8. The molecule has 0 atom stereocenters. The van der Waals surface area contributed by atoms with Crippen LogP contribution in [0.15, 0.2) is 40.2 Å². The minimum Gasteiger partial charge on any atom is -0.381 e. The first-order valence-corrected chi connectivity index (χ1v) is 12.1. The molecule has 1 fully saturated rings. The summed E-state index contributed by atoms with van der Waals surface area (Å²) in [6.07, 6.45) is 4.91. The third-order valence-electron chi connectivity index (χ3n) is 5.14. The summed E-state index contributed by atoms with van der Waals surface area (Å²) < 4.78 is 32.6. The number of nitrogens with zero attached hydrogens (tertiary/aromatic N) is 2. The minimum atomic E-state index is -3.38. The lowest BCUT2D eigenvalue weighted by Crippen LogP contribution is -2.44. The normalized spacial score (nSPS) is 16.7. The first kappa shape index (κ1) is 23.6. The molecule has 8 heteroatoms. The molecule has 0 aliphatic carbocycles. The van der Waals surface area contributed by atoms with Crippen LogP contribution in [0.5, 0.6) is 0 Å². The molecule has 0 amide bonds. The smallest absolute Gasteiger partial charge is 0.243 e. The Kier molecular flexibility index (Phi) is 10.5. The molecule has 1 saturated heterocycles. The topological polar surface area (TPSA) is 83.0 Å². The van der Waals surface area contributed by atoms with E-state index < -0.39 is 10.0 Å². The maximum Gasteiger partial charge on any atom is 0.243 e. The van der Waals surface area contributed by atoms with Crippen LogP contribution < -0.4 is 10.6 Å². The van der Waals surface area contributed by atoms with Crippen molar-refractivity contribution in [2.75, 3.05) is 46.4 Å².